The fraction of sp³-hybridized carbons (Fsp3) is 0.562. The third kappa shape index (κ3) is 4.28. The average Bonchev–Trinajstić information content (AvgIpc) is 2.97. The number of hydrogen-bond acceptors (Lipinski definition) is 4. The molecule has 2 rings (SSSR count). The zero-order valence-electron chi connectivity index (χ0n) is 12.6. The fourth-order valence-corrected chi connectivity index (χ4v) is 2.63. The third-order valence-electron chi connectivity index (χ3n) is 3.91. The van der Waals surface area contributed by atoms with Gasteiger partial charge in [-0.05, 0) is 49.3 Å². The standard InChI is InChI=1S/C16H23NO4/c1-11(10-17-16(18)19)12-7-8-14(20-2)15(9-12)21-13-5-3-4-6-13/h7-9,11,13,17H,3-6,10H2,1-2H3,(H,18,19)/p-1. The van der Waals surface area contributed by atoms with Crippen LogP contribution in [0.2, 0.25) is 0 Å². The molecule has 1 atom stereocenters. The van der Waals surface area contributed by atoms with Crippen LogP contribution in [0, 0.1) is 0 Å². The van der Waals surface area contributed by atoms with Crippen LogP contribution in [-0.2, 0) is 0 Å². The summed E-state index contributed by atoms with van der Waals surface area (Å²) < 4.78 is 11.4. The molecule has 0 aliphatic heterocycles. The highest BCUT2D eigenvalue weighted by atomic mass is 16.5. The molecule has 0 aromatic heterocycles. The number of benzene rings is 1. The molecule has 116 valence electrons. The largest absolute Gasteiger partial charge is 0.530 e. The van der Waals surface area contributed by atoms with E-state index in [1.807, 2.05) is 25.1 Å². The SMILES string of the molecule is COc1ccc(C(C)CNC(=O)[O-])cc1OC1CCCC1. The van der Waals surface area contributed by atoms with Crippen LogP contribution >= 0.6 is 0 Å². The zero-order chi connectivity index (χ0) is 15.2. The van der Waals surface area contributed by atoms with Crippen LogP contribution in [0.25, 0.3) is 0 Å². The number of hydrogen-bond donors (Lipinski definition) is 1. The highest BCUT2D eigenvalue weighted by molar-refractivity contribution is 5.61. The molecule has 1 aliphatic carbocycles. The van der Waals surface area contributed by atoms with E-state index < -0.39 is 6.09 Å². The summed E-state index contributed by atoms with van der Waals surface area (Å²) >= 11 is 0. The van der Waals surface area contributed by atoms with Crippen LogP contribution in [0.4, 0.5) is 4.79 Å². The lowest BCUT2D eigenvalue weighted by Gasteiger charge is -2.19. The minimum atomic E-state index is -1.25. The van der Waals surface area contributed by atoms with Crippen molar-refractivity contribution in [1.82, 2.24) is 5.32 Å². The fourth-order valence-electron chi connectivity index (χ4n) is 2.63. The summed E-state index contributed by atoms with van der Waals surface area (Å²) in [6, 6.07) is 5.75. The van der Waals surface area contributed by atoms with Gasteiger partial charge in [0.15, 0.2) is 11.5 Å². The van der Waals surface area contributed by atoms with Crippen molar-refractivity contribution in [1.29, 1.82) is 0 Å². The summed E-state index contributed by atoms with van der Waals surface area (Å²) in [4.78, 5) is 10.5. The van der Waals surface area contributed by atoms with E-state index in [1.165, 1.54) is 12.8 Å². The Labute approximate surface area is 125 Å². The van der Waals surface area contributed by atoms with Gasteiger partial charge in [-0.3, -0.25) is 0 Å². The van der Waals surface area contributed by atoms with Gasteiger partial charge in [0.1, 0.15) is 6.09 Å². The van der Waals surface area contributed by atoms with Gasteiger partial charge in [0.25, 0.3) is 0 Å². The number of nitrogens with one attached hydrogen (secondary N) is 1. The third-order valence-corrected chi connectivity index (χ3v) is 3.91. The predicted molar refractivity (Wildman–Crippen MR) is 77.7 cm³/mol. The first-order chi connectivity index (χ1) is 10.1. The van der Waals surface area contributed by atoms with Crippen LogP contribution in [0.5, 0.6) is 11.5 Å². The number of carbonyl (C=O) groups is 1. The van der Waals surface area contributed by atoms with Gasteiger partial charge in [0, 0.05) is 6.54 Å². The molecule has 1 saturated carbocycles. The predicted octanol–water partition coefficient (Wildman–Crippen LogP) is 2.05. The molecule has 1 aromatic rings. The minimum absolute atomic E-state index is 0.0414. The monoisotopic (exact) mass is 292 g/mol. The zero-order valence-corrected chi connectivity index (χ0v) is 12.6. The molecule has 1 aromatic carbocycles. The number of carboxylic acid groups (broad SMARTS) is 1. The van der Waals surface area contributed by atoms with Crippen LogP contribution in [-0.4, -0.2) is 25.9 Å². The Balaban J connectivity index is 2.10. The topological polar surface area (TPSA) is 70.6 Å². The van der Waals surface area contributed by atoms with Crippen molar-refractivity contribution >= 4 is 6.09 Å². The minimum Gasteiger partial charge on any atom is -0.530 e. The lowest BCUT2D eigenvalue weighted by atomic mass is 10.0. The highest BCUT2D eigenvalue weighted by Crippen LogP contribution is 2.34. The molecule has 1 N–H and O–H groups in total. The van der Waals surface area contributed by atoms with Crippen molar-refractivity contribution in [2.24, 2.45) is 0 Å². The summed E-state index contributed by atoms with van der Waals surface area (Å²) in [6.07, 6.45) is 3.57. The van der Waals surface area contributed by atoms with Crippen LogP contribution in [0.15, 0.2) is 18.2 Å². The first-order valence-electron chi connectivity index (χ1n) is 7.39. The van der Waals surface area contributed by atoms with Crippen LogP contribution < -0.4 is 19.9 Å². The number of methoxy groups -OCH3 is 1. The highest BCUT2D eigenvalue weighted by Gasteiger charge is 2.19. The van der Waals surface area contributed by atoms with E-state index in [9.17, 15) is 9.90 Å². The van der Waals surface area contributed by atoms with Crippen molar-refractivity contribution in [3.8, 4) is 11.5 Å². The lowest BCUT2D eigenvalue weighted by Crippen LogP contribution is -2.38. The maximum absolute atomic E-state index is 10.5. The molecule has 0 radical (unpaired) electrons. The molecular formula is C16H22NO4-. The van der Waals surface area contributed by atoms with Gasteiger partial charge in [0.05, 0.1) is 13.2 Å². The molecule has 5 nitrogen and oxygen atoms in total. The van der Waals surface area contributed by atoms with Crippen molar-refractivity contribution in [3.05, 3.63) is 23.8 Å². The van der Waals surface area contributed by atoms with Gasteiger partial charge in [-0.15, -0.1) is 0 Å². The molecule has 21 heavy (non-hydrogen) atoms. The van der Waals surface area contributed by atoms with Gasteiger partial charge in [-0.2, -0.15) is 0 Å². The molecule has 0 bridgehead atoms. The molecular weight excluding hydrogens is 270 g/mol. The first-order valence-corrected chi connectivity index (χ1v) is 7.39. The Kier molecular flexibility index (Phi) is 5.31. The number of ether oxygens (including phenoxy) is 2. The first kappa shape index (κ1) is 15.5. The van der Waals surface area contributed by atoms with E-state index >= 15 is 0 Å². The number of carbonyl (C=O) groups excluding carboxylic acids is 1. The second-order valence-electron chi connectivity index (χ2n) is 5.50. The molecule has 1 fully saturated rings. The van der Waals surface area contributed by atoms with Crippen molar-refractivity contribution < 1.29 is 19.4 Å². The Morgan fingerprint density at radius 3 is 2.71 bits per heavy atom. The second-order valence-corrected chi connectivity index (χ2v) is 5.50. The molecule has 1 unspecified atom stereocenters. The van der Waals surface area contributed by atoms with Crippen molar-refractivity contribution in [2.75, 3.05) is 13.7 Å². The van der Waals surface area contributed by atoms with E-state index in [-0.39, 0.29) is 12.0 Å². The van der Waals surface area contributed by atoms with Gasteiger partial charge >= 0.3 is 0 Å². The van der Waals surface area contributed by atoms with E-state index in [2.05, 4.69) is 5.32 Å². The lowest BCUT2D eigenvalue weighted by molar-refractivity contribution is -0.250. The molecule has 5 heteroatoms. The summed E-state index contributed by atoms with van der Waals surface area (Å²) in [5.74, 6) is 1.49. The Hall–Kier alpha value is -1.91. The normalized spacial score (nSPS) is 16.5. The van der Waals surface area contributed by atoms with E-state index in [0.29, 0.717) is 12.3 Å². The maximum Gasteiger partial charge on any atom is 0.161 e. The molecule has 0 heterocycles. The molecule has 0 spiro atoms. The maximum atomic E-state index is 10.5. The summed E-state index contributed by atoms with van der Waals surface area (Å²) in [5.41, 5.74) is 1.01. The van der Waals surface area contributed by atoms with Crippen molar-refractivity contribution in [2.45, 2.75) is 44.6 Å². The summed E-state index contributed by atoms with van der Waals surface area (Å²) in [5, 5.41) is 12.8. The van der Waals surface area contributed by atoms with Crippen molar-refractivity contribution in [3.63, 3.8) is 0 Å². The second kappa shape index (κ2) is 7.20. The smallest absolute Gasteiger partial charge is 0.161 e. The van der Waals surface area contributed by atoms with Gasteiger partial charge < -0.3 is 24.7 Å². The van der Waals surface area contributed by atoms with E-state index in [1.54, 1.807) is 7.11 Å². The van der Waals surface area contributed by atoms with E-state index in [0.717, 1.165) is 24.2 Å². The quantitative estimate of drug-likeness (QED) is 0.871. The number of rotatable bonds is 6. The summed E-state index contributed by atoms with van der Waals surface area (Å²) in [6.45, 7) is 2.27. The van der Waals surface area contributed by atoms with Crippen LogP contribution in [0.1, 0.15) is 44.1 Å². The van der Waals surface area contributed by atoms with Gasteiger partial charge in [-0.25, -0.2) is 0 Å². The Morgan fingerprint density at radius 2 is 2.10 bits per heavy atom. The van der Waals surface area contributed by atoms with Gasteiger partial charge in [0.2, 0.25) is 0 Å². The Morgan fingerprint density at radius 1 is 1.38 bits per heavy atom. The average molecular weight is 292 g/mol. The van der Waals surface area contributed by atoms with Gasteiger partial charge in [-0.1, -0.05) is 13.0 Å². The summed E-state index contributed by atoms with van der Waals surface area (Å²) in [7, 11) is 1.62. The molecule has 1 amide bonds. The van der Waals surface area contributed by atoms with E-state index in [4.69, 9.17) is 9.47 Å². The van der Waals surface area contributed by atoms with Crippen LogP contribution in [0.3, 0.4) is 0 Å². The number of amides is 1. The Bertz CT molecular complexity index is 483. The molecule has 0 saturated heterocycles. The molecule has 1 aliphatic rings.